The molecule has 2 aliphatic heterocycles. The Morgan fingerprint density at radius 2 is 1.61 bits per heavy atom. The maximum atomic E-state index is 14.2. The predicted molar refractivity (Wildman–Crippen MR) is 162 cm³/mol. The fourth-order valence-corrected chi connectivity index (χ4v) is 7.74. The Labute approximate surface area is 258 Å². The second kappa shape index (κ2) is 10.7. The summed E-state index contributed by atoms with van der Waals surface area (Å²) in [7, 11) is -4.09. The Balaban J connectivity index is 1.57. The fraction of sp³-hybridized carbons (Fsp3) is 0.393. The number of fused-ring (bicyclic) bond motifs is 1. The highest BCUT2D eigenvalue weighted by molar-refractivity contribution is 9.10. The molecule has 3 aromatic rings. The summed E-state index contributed by atoms with van der Waals surface area (Å²) in [5.41, 5.74) is -0.666. The molecule has 0 radical (unpaired) electrons. The van der Waals surface area contributed by atoms with Gasteiger partial charge in [0.25, 0.3) is 15.9 Å². The first-order valence-electron chi connectivity index (χ1n) is 13.1. The molecule has 2 amide bonds. The van der Waals surface area contributed by atoms with Crippen LogP contribution in [0, 0.1) is 5.41 Å². The molecule has 0 aliphatic carbocycles. The van der Waals surface area contributed by atoms with Gasteiger partial charge in [-0.2, -0.15) is 4.31 Å². The highest BCUT2D eigenvalue weighted by Gasteiger charge is 2.52. The third kappa shape index (κ3) is 5.43. The van der Waals surface area contributed by atoms with Gasteiger partial charge in [-0.25, -0.2) is 18.3 Å². The number of imidazole rings is 1. The van der Waals surface area contributed by atoms with E-state index in [0.29, 0.717) is 15.7 Å². The van der Waals surface area contributed by atoms with Gasteiger partial charge < -0.3 is 4.90 Å². The molecule has 0 saturated carbocycles. The van der Waals surface area contributed by atoms with Crippen LogP contribution in [-0.2, 0) is 31.6 Å². The topological polar surface area (TPSA) is 95.8 Å². The number of amides is 2. The van der Waals surface area contributed by atoms with Crippen LogP contribution in [0.3, 0.4) is 0 Å². The van der Waals surface area contributed by atoms with Crippen molar-refractivity contribution in [3.63, 3.8) is 0 Å². The van der Waals surface area contributed by atoms with E-state index in [9.17, 15) is 18.0 Å². The number of benzene rings is 2. The van der Waals surface area contributed by atoms with Crippen LogP contribution in [0.5, 0.6) is 0 Å². The van der Waals surface area contributed by atoms with E-state index in [-0.39, 0.29) is 55.4 Å². The lowest BCUT2D eigenvalue weighted by Crippen LogP contribution is -2.53. The van der Waals surface area contributed by atoms with Crippen LogP contribution in [0.15, 0.2) is 58.2 Å². The molecule has 0 bridgehead atoms. The van der Waals surface area contributed by atoms with Crippen molar-refractivity contribution in [3.05, 3.63) is 68.7 Å². The standard InChI is InChI=1S/C28H30BrCl2N5O4S/c1-27(2,3)24(37)33-9-11-34(12-10-33)41(39,40)23-17-32-26-35(22-14-20(30)13-21(31)15-22)25(38)28(4,36(23)26)16-18-5-7-19(29)8-6-18/h5-8,13-15,17H,9-12,16H2,1-4H3/t28-/m1/s1. The summed E-state index contributed by atoms with van der Waals surface area (Å²) in [4.78, 5) is 34.5. The number of rotatable bonds is 5. The molecular formula is C28H30BrCl2N5O4S. The van der Waals surface area contributed by atoms with E-state index in [4.69, 9.17) is 23.2 Å². The SMILES string of the molecule is CC(C)(C)C(=O)N1CCN(S(=O)(=O)c2cnc3n2[C@](C)(Cc2ccc(Br)cc2)C(=O)N3c2cc(Cl)cc(Cl)c2)CC1. The van der Waals surface area contributed by atoms with Gasteiger partial charge in [-0.15, -0.1) is 0 Å². The Hall–Kier alpha value is -2.44. The molecule has 5 rings (SSSR count). The van der Waals surface area contributed by atoms with Gasteiger partial charge in [-0.3, -0.25) is 14.2 Å². The van der Waals surface area contributed by atoms with Crippen LogP contribution >= 0.6 is 39.1 Å². The van der Waals surface area contributed by atoms with Gasteiger partial charge in [-0.05, 0) is 42.8 Å². The zero-order chi connectivity index (χ0) is 29.9. The molecule has 2 aliphatic rings. The molecular weight excluding hydrogens is 653 g/mol. The first-order chi connectivity index (χ1) is 19.1. The van der Waals surface area contributed by atoms with E-state index < -0.39 is 21.0 Å². The largest absolute Gasteiger partial charge is 0.340 e. The number of sulfonamides is 1. The van der Waals surface area contributed by atoms with E-state index >= 15 is 0 Å². The summed E-state index contributed by atoms with van der Waals surface area (Å²) in [6.07, 6.45) is 1.51. The minimum atomic E-state index is -4.09. The number of anilines is 2. The summed E-state index contributed by atoms with van der Waals surface area (Å²) in [6, 6.07) is 12.3. The van der Waals surface area contributed by atoms with Crippen molar-refractivity contribution in [2.24, 2.45) is 5.41 Å². The fourth-order valence-electron chi connectivity index (χ4n) is 5.35. The molecule has 1 aromatic heterocycles. The van der Waals surface area contributed by atoms with Crippen molar-refractivity contribution in [2.45, 2.75) is 44.7 Å². The lowest BCUT2D eigenvalue weighted by atomic mass is 9.92. The number of hydrogen-bond acceptors (Lipinski definition) is 5. The van der Waals surface area contributed by atoms with Gasteiger partial charge >= 0.3 is 0 Å². The Morgan fingerprint density at radius 1 is 1.02 bits per heavy atom. The van der Waals surface area contributed by atoms with Gasteiger partial charge in [0.05, 0.1) is 11.9 Å². The van der Waals surface area contributed by atoms with Gasteiger partial charge in [0, 0.05) is 52.5 Å². The molecule has 9 nitrogen and oxygen atoms in total. The van der Waals surface area contributed by atoms with Crippen LogP contribution < -0.4 is 4.90 Å². The van der Waals surface area contributed by atoms with Crippen LogP contribution in [0.25, 0.3) is 0 Å². The van der Waals surface area contributed by atoms with E-state index in [1.165, 1.54) is 20.0 Å². The molecule has 13 heteroatoms. The van der Waals surface area contributed by atoms with E-state index in [1.54, 1.807) is 30.0 Å². The lowest BCUT2D eigenvalue weighted by molar-refractivity contribution is -0.140. The van der Waals surface area contributed by atoms with Crippen molar-refractivity contribution in [3.8, 4) is 0 Å². The predicted octanol–water partition coefficient (Wildman–Crippen LogP) is 5.47. The average Bonchev–Trinajstić information content (AvgIpc) is 3.42. The van der Waals surface area contributed by atoms with Crippen molar-refractivity contribution in [1.82, 2.24) is 18.8 Å². The van der Waals surface area contributed by atoms with Gasteiger partial charge in [0.2, 0.25) is 11.9 Å². The van der Waals surface area contributed by atoms with Crippen LogP contribution in [0.1, 0.15) is 33.3 Å². The van der Waals surface area contributed by atoms with Crippen molar-refractivity contribution < 1.29 is 18.0 Å². The van der Waals surface area contributed by atoms with E-state index in [2.05, 4.69) is 20.9 Å². The molecule has 41 heavy (non-hydrogen) atoms. The molecule has 3 heterocycles. The molecule has 0 spiro atoms. The smallest absolute Gasteiger partial charge is 0.260 e. The van der Waals surface area contributed by atoms with Crippen LogP contribution in [0.4, 0.5) is 11.6 Å². The molecule has 1 fully saturated rings. The molecule has 218 valence electrons. The van der Waals surface area contributed by atoms with E-state index in [1.807, 2.05) is 45.0 Å². The first kappa shape index (κ1) is 30.0. The monoisotopic (exact) mass is 681 g/mol. The minimum Gasteiger partial charge on any atom is -0.340 e. The summed E-state index contributed by atoms with van der Waals surface area (Å²) in [6.45, 7) is 8.07. The van der Waals surface area contributed by atoms with Gasteiger partial charge in [0.15, 0.2) is 5.03 Å². The number of aromatic nitrogens is 2. The average molecular weight is 683 g/mol. The molecule has 1 atom stereocenters. The first-order valence-corrected chi connectivity index (χ1v) is 16.0. The van der Waals surface area contributed by atoms with Crippen LogP contribution in [-0.4, -0.2) is 65.2 Å². The molecule has 0 unspecified atom stereocenters. The second-order valence-corrected chi connectivity index (χ2v) is 15.2. The molecule has 1 saturated heterocycles. The zero-order valence-corrected chi connectivity index (χ0v) is 27.0. The minimum absolute atomic E-state index is 0.0247. The maximum absolute atomic E-state index is 14.2. The van der Waals surface area contributed by atoms with E-state index in [0.717, 1.165) is 10.0 Å². The number of nitrogens with zero attached hydrogens (tertiary/aromatic N) is 5. The normalized spacial score (nSPS) is 20.0. The van der Waals surface area contributed by atoms with Crippen LogP contribution in [0.2, 0.25) is 10.0 Å². The number of piperazine rings is 1. The summed E-state index contributed by atoms with van der Waals surface area (Å²) < 4.78 is 32.0. The third-order valence-corrected chi connectivity index (χ3v) is 10.2. The number of hydrogen-bond donors (Lipinski definition) is 0. The number of carbonyl (C=O) groups excluding carboxylic acids is 2. The Kier molecular flexibility index (Phi) is 7.82. The lowest BCUT2D eigenvalue weighted by Gasteiger charge is -2.37. The molecule has 0 N–H and O–H groups in total. The summed E-state index contributed by atoms with van der Waals surface area (Å²) >= 11 is 16.0. The van der Waals surface area contributed by atoms with Gasteiger partial charge in [-0.1, -0.05) is 72.0 Å². The number of carbonyl (C=O) groups is 2. The van der Waals surface area contributed by atoms with Crippen molar-refractivity contribution in [2.75, 3.05) is 31.1 Å². The van der Waals surface area contributed by atoms with Crippen molar-refractivity contribution in [1.29, 1.82) is 0 Å². The summed E-state index contributed by atoms with van der Waals surface area (Å²) in [5.74, 6) is -0.227. The Bertz CT molecular complexity index is 1610. The second-order valence-electron chi connectivity index (χ2n) is 11.5. The Morgan fingerprint density at radius 3 is 2.17 bits per heavy atom. The highest BCUT2D eigenvalue weighted by Crippen LogP contribution is 2.45. The maximum Gasteiger partial charge on any atom is 0.260 e. The third-order valence-electron chi connectivity index (χ3n) is 7.41. The van der Waals surface area contributed by atoms with Crippen molar-refractivity contribution >= 4 is 72.6 Å². The van der Waals surface area contributed by atoms with Gasteiger partial charge in [0.1, 0.15) is 5.54 Å². The zero-order valence-electron chi connectivity index (χ0n) is 23.1. The molecule has 2 aromatic carbocycles. The highest BCUT2D eigenvalue weighted by atomic mass is 79.9. The number of halogens is 3. The quantitative estimate of drug-likeness (QED) is 0.356. The summed E-state index contributed by atoms with van der Waals surface area (Å²) in [5, 5.41) is 0.567.